The highest BCUT2D eigenvalue weighted by Crippen LogP contribution is 2.13. The molecule has 0 aliphatic heterocycles. The number of carboxylic acid groups (broad SMARTS) is 1. The van der Waals surface area contributed by atoms with E-state index >= 15 is 0 Å². The molecule has 0 atom stereocenters. The van der Waals surface area contributed by atoms with Gasteiger partial charge in [0.1, 0.15) is 22.9 Å². The lowest BCUT2D eigenvalue weighted by atomic mass is 10.3. The third-order valence-corrected chi connectivity index (χ3v) is 3.49. The van der Waals surface area contributed by atoms with Crippen LogP contribution in [0.4, 0.5) is 5.69 Å². The molecule has 0 fully saturated rings. The van der Waals surface area contributed by atoms with Crippen molar-refractivity contribution in [3.05, 3.63) is 41.5 Å². The van der Waals surface area contributed by atoms with E-state index in [9.17, 15) is 13.2 Å². The summed E-state index contributed by atoms with van der Waals surface area (Å²) in [6.45, 7) is 1.65. The van der Waals surface area contributed by atoms with Crippen LogP contribution in [0.5, 0.6) is 0 Å². The quantitative estimate of drug-likeness (QED) is 0.844. The number of hydrogen-bond donors (Lipinski definition) is 2. The molecule has 0 unspecified atom stereocenters. The van der Waals surface area contributed by atoms with Gasteiger partial charge >= 0.3 is 5.97 Å². The molecule has 0 aromatic carbocycles. The Balaban J connectivity index is 2.15. The molecular formula is C11H11N3O5S. The largest absolute Gasteiger partial charge is 0.477 e. The van der Waals surface area contributed by atoms with E-state index in [2.05, 4.69) is 14.9 Å². The maximum Gasteiger partial charge on any atom is 0.354 e. The number of nitrogens with one attached hydrogen (secondary N) is 1. The first kappa shape index (κ1) is 14.0. The first-order valence-electron chi connectivity index (χ1n) is 5.48. The second kappa shape index (κ2) is 5.29. The molecule has 20 heavy (non-hydrogen) atoms. The summed E-state index contributed by atoms with van der Waals surface area (Å²) >= 11 is 0. The van der Waals surface area contributed by atoms with Gasteiger partial charge in [0.25, 0.3) is 0 Å². The van der Waals surface area contributed by atoms with Crippen LogP contribution >= 0.6 is 0 Å². The first-order valence-corrected chi connectivity index (χ1v) is 7.13. The molecular weight excluding hydrogens is 286 g/mol. The fourth-order valence-electron chi connectivity index (χ4n) is 1.51. The molecule has 2 N–H and O–H groups in total. The van der Waals surface area contributed by atoms with E-state index in [1.54, 1.807) is 6.92 Å². The van der Waals surface area contributed by atoms with Gasteiger partial charge in [-0.05, 0) is 19.1 Å². The molecule has 9 heteroatoms. The first-order chi connectivity index (χ1) is 9.35. The van der Waals surface area contributed by atoms with E-state index < -0.39 is 16.0 Å². The molecule has 8 nitrogen and oxygen atoms in total. The van der Waals surface area contributed by atoms with Gasteiger partial charge in [0.15, 0.2) is 0 Å². The summed E-state index contributed by atoms with van der Waals surface area (Å²) in [6, 6.07) is 4.00. The summed E-state index contributed by atoms with van der Waals surface area (Å²) in [4.78, 5) is 14.3. The van der Waals surface area contributed by atoms with E-state index in [-0.39, 0.29) is 22.8 Å². The zero-order chi connectivity index (χ0) is 14.8. The monoisotopic (exact) mass is 297 g/mol. The van der Waals surface area contributed by atoms with Crippen LogP contribution in [-0.2, 0) is 15.8 Å². The van der Waals surface area contributed by atoms with E-state index in [1.165, 1.54) is 18.3 Å². The molecule has 0 spiro atoms. The summed E-state index contributed by atoms with van der Waals surface area (Å²) < 4.78 is 30.8. The number of nitrogens with zero attached hydrogens (tertiary/aromatic N) is 2. The van der Waals surface area contributed by atoms with Gasteiger partial charge in [0.05, 0.1) is 5.69 Å². The maximum absolute atomic E-state index is 11.9. The smallest absolute Gasteiger partial charge is 0.354 e. The number of pyridine rings is 1. The number of anilines is 1. The third kappa shape index (κ3) is 3.54. The number of hydrogen-bond acceptors (Lipinski definition) is 6. The average Bonchev–Trinajstić information content (AvgIpc) is 2.73. The lowest BCUT2D eigenvalue weighted by molar-refractivity contribution is 0.0690. The molecule has 0 saturated heterocycles. The fraction of sp³-hybridized carbons (Fsp3) is 0.182. The van der Waals surface area contributed by atoms with Crippen LogP contribution < -0.4 is 4.72 Å². The molecule has 0 amide bonds. The van der Waals surface area contributed by atoms with Crippen molar-refractivity contribution in [2.45, 2.75) is 12.7 Å². The summed E-state index contributed by atoms with van der Waals surface area (Å²) in [5.41, 5.74) is 0.141. The topological polar surface area (TPSA) is 122 Å². The van der Waals surface area contributed by atoms with Crippen molar-refractivity contribution in [3.8, 4) is 0 Å². The van der Waals surface area contributed by atoms with Crippen LogP contribution in [-0.4, -0.2) is 29.6 Å². The Labute approximate surface area is 114 Å². The summed E-state index contributed by atoms with van der Waals surface area (Å²) in [7, 11) is -3.71. The van der Waals surface area contributed by atoms with Gasteiger partial charge in [-0.3, -0.25) is 4.72 Å². The zero-order valence-electron chi connectivity index (χ0n) is 10.4. The molecule has 0 aliphatic rings. The third-order valence-electron chi connectivity index (χ3n) is 2.27. The summed E-state index contributed by atoms with van der Waals surface area (Å²) in [5.74, 6) is -1.10. The molecule has 2 aromatic heterocycles. The lowest BCUT2D eigenvalue weighted by Crippen LogP contribution is -2.15. The minimum absolute atomic E-state index is 0.123. The minimum Gasteiger partial charge on any atom is -0.477 e. The number of sulfonamides is 1. The second-order valence-corrected chi connectivity index (χ2v) is 5.75. The molecule has 0 saturated carbocycles. The van der Waals surface area contributed by atoms with E-state index in [4.69, 9.17) is 9.63 Å². The van der Waals surface area contributed by atoms with E-state index in [0.717, 1.165) is 6.07 Å². The Morgan fingerprint density at radius 1 is 1.45 bits per heavy atom. The zero-order valence-corrected chi connectivity index (χ0v) is 11.2. The summed E-state index contributed by atoms with van der Waals surface area (Å²) in [6.07, 6.45) is 1.21. The Morgan fingerprint density at radius 2 is 2.20 bits per heavy atom. The highest BCUT2D eigenvalue weighted by atomic mass is 32.2. The SMILES string of the molecule is Cc1cc(CS(=O)(=O)Nc2ccnc(C(=O)O)c2)no1. The highest BCUT2D eigenvalue weighted by molar-refractivity contribution is 7.91. The van der Waals surface area contributed by atoms with Crippen LogP contribution in [0.2, 0.25) is 0 Å². The Kier molecular flexibility index (Phi) is 3.70. The van der Waals surface area contributed by atoms with Crippen molar-refractivity contribution in [2.75, 3.05) is 4.72 Å². The molecule has 2 rings (SSSR count). The van der Waals surface area contributed by atoms with Crippen LogP contribution in [0.3, 0.4) is 0 Å². The van der Waals surface area contributed by atoms with Gasteiger partial charge in [-0.15, -0.1) is 0 Å². The van der Waals surface area contributed by atoms with Crippen molar-refractivity contribution in [1.82, 2.24) is 10.1 Å². The van der Waals surface area contributed by atoms with Crippen molar-refractivity contribution in [1.29, 1.82) is 0 Å². The van der Waals surface area contributed by atoms with Gasteiger partial charge in [-0.2, -0.15) is 0 Å². The number of carbonyl (C=O) groups is 1. The number of carboxylic acids is 1. The Hall–Kier alpha value is -2.42. The molecule has 2 aromatic rings. The second-order valence-electron chi connectivity index (χ2n) is 4.02. The number of aromatic nitrogens is 2. The van der Waals surface area contributed by atoms with Crippen LogP contribution in [0.25, 0.3) is 0 Å². The molecule has 2 heterocycles. The Bertz CT molecular complexity index is 738. The van der Waals surface area contributed by atoms with Crippen LogP contribution in [0.1, 0.15) is 21.9 Å². The average molecular weight is 297 g/mol. The van der Waals surface area contributed by atoms with Crippen molar-refractivity contribution in [3.63, 3.8) is 0 Å². The number of rotatable bonds is 5. The number of aromatic carboxylic acids is 1. The van der Waals surface area contributed by atoms with Gasteiger partial charge in [0, 0.05) is 12.3 Å². The summed E-state index contributed by atoms with van der Waals surface area (Å²) in [5, 5.41) is 12.4. The van der Waals surface area contributed by atoms with Gasteiger partial charge < -0.3 is 9.63 Å². The highest BCUT2D eigenvalue weighted by Gasteiger charge is 2.15. The van der Waals surface area contributed by atoms with Crippen molar-refractivity contribution >= 4 is 21.7 Å². The molecule has 0 bridgehead atoms. The van der Waals surface area contributed by atoms with Crippen LogP contribution in [0.15, 0.2) is 28.9 Å². The van der Waals surface area contributed by atoms with Crippen molar-refractivity contribution < 1.29 is 22.8 Å². The van der Waals surface area contributed by atoms with Crippen LogP contribution in [0, 0.1) is 6.92 Å². The lowest BCUT2D eigenvalue weighted by Gasteiger charge is -2.06. The van der Waals surface area contributed by atoms with Gasteiger partial charge in [0.2, 0.25) is 10.0 Å². The Morgan fingerprint density at radius 3 is 2.80 bits per heavy atom. The molecule has 0 radical (unpaired) electrons. The normalized spacial score (nSPS) is 11.2. The maximum atomic E-state index is 11.9. The van der Waals surface area contributed by atoms with E-state index in [1.807, 2.05) is 0 Å². The predicted molar refractivity (Wildman–Crippen MR) is 68.7 cm³/mol. The number of aryl methyl sites for hydroxylation is 1. The minimum atomic E-state index is -3.71. The van der Waals surface area contributed by atoms with E-state index in [0.29, 0.717) is 5.76 Å². The van der Waals surface area contributed by atoms with Gasteiger partial charge in [-0.1, -0.05) is 5.16 Å². The molecule has 106 valence electrons. The predicted octanol–water partition coefficient (Wildman–Crippen LogP) is 1.02. The fourth-order valence-corrected chi connectivity index (χ4v) is 2.59. The molecule has 0 aliphatic carbocycles. The van der Waals surface area contributed by atoms with Crippen molar-refractivity contribution in [2.24, 2.45) is 0 Å². The standard InChI is InChI=1S/C11H11N3O5S/c1-7-4-9(13-19-7)6-20(17,18)14-8-2-3-12-10(5-8)11(15)16/h2-5H,6H2,1H3,(H,12,14)(H,15,16). The van der Waals surface area contributed by atoms with Gasteiger partial charge in [-0.25, -0.2) is 18.2 Å².